The second kappa shape index (κ2) is 3.87. The van der Waals surface area contributed by atoms with Gasteiger partial charge in [-0.2, -0.15) is 0 Å². The van der Waals surface area contributed by atoms with Crippen molar-refractivity contribution in [1.29, 1.82) is 0 Å². The first-order chi connectivity index (χ1) is 7.13. The molecule has 0 fully saturated rings. The van der Waals surface area contributed by atoms with Crippen molar-refractivity contribution >= 4 is 34.0 Å². The first kappa shape index (κ1) is 10.5. The summed E-state index contributed by atoms with van der Waals surface area (Å²) in [6, 6.07) is 6.99. The van der Waals surface area contributed by atoms with Gasteiger partial charge in [0, 0.05) is 17.0 Å². The molecule has 15 heavy (non-hydrogen) atoms. The summed E-state index contributed by atoms with van der Waals surface area (Å²) in [6.07, 6.45) is 0. The number of fused-ring (bicyclic) bond motifs is 1. The van der Waals surface area contributed by atoms with Gasteiger partial charge in [-0.1, -0.05) is 29.3 Å². The quantitative estimate of drug-likeness (QED) is 0.703. The normalized spacial score (nSPS) is 10.9. The molecule has 0 amide bonds. The second-order valence-electron chi connectivity index (χ2n) is 3.25. The SMILES string of the molecule is CCn1c(Cl)cc2ccc(Cl)cc2c1=O. The van der Waals surface area contributed by atoms with E-state index in [9.17, 15) is 4.79 Å². The van der Waals surface area contributed by atoms with E-state index in [0.29, 0.717) is 22.1 Å². The smallest absolute Gasteiger partial charge is 0.259 e. The van der Waals surface area contributed by atoms with Gasteiger partial charge in [0.2, 0.25) is 0 Å². The van der Waals surface area contributed by atoms with Crippen LogP contribution >= 0.6 is 23.2 Å². The zero-order valence-corrected chi connectivity index (χ0v) is 9.64. The van der Waals surface area contributed by atoms with E-state index in [1.165, 1.54) is 4.57 Å². The molecule has 0 spiro atoms. The van der Waals surface area contributed by atoms with Crippen molar-refractivity contribution in [2.45, 2.75) is 13.5 Å². The summed E-state index contributed by atoms with van der Waals surface area (Å²) in [4.78, 5) is 12.0. The number of aromatic nitrogens is 1. The van der Waals surface area contributed by atoms with Crippen molar-refractivity contribution in [2.75, 3.05) is 0 Å². The van der Waals surface area contributed by atoms with Gasteiger partial charge in [0.25, 0.3) is 5.56 Å². The van der Waals surface area contributed by atoms with Gasteiger partial charge < -0.3 is 0 Å². The molecule has 2 aromatic rings. The van der Waals surface area contributed by atoms with E-state index in [2.05, 4.69) is 0 Å². The molecule has 0 aliphatic carbocycles. The fourth-order valence-corrected chi connectivity index (χ4v) is 2.07. The Kier molecular flexibility index (Phi) is 2.72. The Hall–Kier alpha value is -0.990. The molecule has 0 aliphatic rings. The average Bonchev–Trinajstić information content (AvgIpc) is 2.20. The number of nitrogens with zero attached hydrogens (tertiary/aromatic N) is 1. The van der Waals surface area contributed by atoms with E-state index in [0.717, 1.165) is 5.39 Å². The van der Waals surface area contributed by atoms with E-state index < -0.39 is 0 Å². The summed E-state index contributed by atoms with van der Waals surface area (Å²) in [7, 11) is 0. The molecule has 0 N–H and O–H groups in total. The van der Waals surface area contributed by atoms with Crippen molar-refractivity contribution < 1.29 is 0 Å². The molecule has 1 heterocycles. The number of pyridine rings is 1. The van der Waals surface area contributed by atoms with Crippen LogP contribution in [-0.2, 0) is 6.54 Å². The van der Waals surface area contributed by atoms with E-state index in [1.54, 1.807) is 24.3 Å². The average molecular weight is 242 g/mol. The van der Waals surface area contributed by atoms with Gasteiger partial charge in [-0.3, -0.25) is 9.36 Å². The monoisotopic (exact) mass is 241 g/mol. The first-order valence-electron chi connectivity index (χ1n) is 4.62. The van der Waals surface area contributed by atoms with Crippen molar-refractivity contribution in [3.05, 3.63) is 44.8 Å². The molecule has 0 unspecified atom stereocenters. The van der Waals surface area contributed by atoms with Crippen LogP contribution in [0.3, 0.4) is 0 Å². The fraction of sp³-hybridized carbons (Fsp3) is 0.182. The maximum atomic E-state index is 12.0. The van der Waals surface area contributed by atoms with Gasteiger partial charge in [-0.25, -0.2) is 0 Å². The third kappa shape index (κ3) is 1.75. The predicted molar refractivity (Wildman–Crippen MR) is 63.9 cm³/mol. The lowest BCUT2D eigenvalue weighted by Gasteiger charge is -2.07. The maximum absolute atomic E-state index is 12.0. The van der Waals surface area contributed by atoms with Crippen molar-refractivity contribution in [2.24, 2.45) is 0 Å². The molecule has 0 radical (unpaired) electrons. The standard InChI is InChI=1S/C11H9Cl2NO/c1-2-14-10(13)5-7-3-4-8(12)6-9(7)11(14)15/h3-6H,2H2,1H3. The summed E-state index contributed by atoms with van der Waals surface area (Å²) < 4.78 is 1.51. The zero-order chi connectivity index (χ0) is 11.0. The Morgan fingerprint density at radius 3 is 2.67 bits per heavy atom. The van der Waals surface area contributed by atoms with Gasteiger partial charge >= 0.3 is 0 Å². The van der Waals surface area contributed by atoms with Gasteiger partial charge in [0.1, 0.15) is 5.15 Å². The first-order valence-corrected chi connectivity index (χ1v) is 5.37. The van der Waals surface area contributed by atoms with Gasteiger partial charge in [0.05, 0.1) is 0 Å². The fourth-order valence-electron chi connectivity index (χ4n) is 1.58. The third-order valence-electron chi connectivity index (χ3n) is 2.34. The van der Waals surface area contributed by atoms with Gasteiger partial charge in [-0.15, -0.1) is 0 Å². The van der Waals surface area contributed by atoms with Crippen LogP contribution in [-0.4, -0.2) is 4.57 Å². The largest absolute Gasteiger partial charge is 0.299 e. The molecule has 0 saturated carbocycles. The highest BCUT2D eigenvalue weighted by Crippen LogP contribution is 2.19. The number of rotatable bonds is 1. The Morgan fingerprint density at radius 1 is 1.27 bits per heavy atom. The minimum atomic E-state index is -0.0949. The molecule has 2 rings (SSSR count). The highest BCUT2D eigenvalue weighted by molar-refractivity contribution is 6.32. The molecule has 1 aromatic carbocycles. The molecule has 0 atom stereocenters. The Bertz CT molecular complexity index is 575. The lowest BCUT2D eigenvalue weighted by molar-refractivity contribution is 0.736. The molecule has 1 aromatic heterocycles. The van der Waals surface area contributed by atoms with E-state index in [-0.39, 0.29) is 5.56 Å². The topological polar surface area (TPSA) is 22.0 Å². The molecule has 4 heteroatoms. The van der Waals surface area contributed by atoms with Gasteiger partial charge in [0.15, 0.2) is 0 Å². The summed E-state index contributed by atoms with van der Waals surface area (Å²) in [5.74, 6) is 0. The number of hydrogen-bond acceptors (Lipinski definition) is 1. The van der Waals surface area contributed by atoms with Crippen LogP contribution in [0.25, 0.3) is 10.8 Å². The Balaban J connectivity index is 2.92. The predicted octanol–water partition coefficient (Wildman–Crippen LogP) is 3.33. The van der Waals surface area contributed by atoms with Crippen LogP contribution in [0.4, 0.5) is 0 Å². The zero-order valence-electron chi connectivity index (χ0n) is 8.13. The van der Waals surface area contributed by atoms with Crippen LogP contribution in [0.2, 0.25) is 10.2 Å². The highest BCUT2D eigenvalue weighted by atomic mass is 35.5. The van der Waals surface area contributed by atoms with Crippen LogP contribution in [0.15, 0.2) is 29.1 Å². The summed E-state index contributed by atoms with van der Waals surface area (Å²) in [6.45, 7) is 2.43. The van der Waals surface area contributed by atoms with Crippen molar-refractivity contribution in [1.82, 2.24) is 4.57 Å². The number of halogens is 2. The highest BCUT2D eigenvalue weighted by Gasteiger charge is 2.06. The molecular formula is C11H9Cl2NO. The molecule has 78 valence electrons. The minimum Gasteiger partial charge on any atom is -0.299 e. The van der Waals surface area contributed by atoms with Crippen LogP contribution in [0.5, 0.6) is 0 Å². The third-order valence-corrected chi connectivity index (χ3v) is 2.89. The molecule has 2 nitrogen and oxygen atoms in total. The maximum Gasteiger partial charge on any atom is 0.259 e. The summed E-state index contributed by atoms with van der Waals surface area (Å²) in [5, 5.41) is 2.44. The van der Waals surface area contributed by atoms with E-state index >= 15 is 0 Å². The Labute approximate surface area is 97.0 Å². The van der Waals surface area contributed by atoms with E-state index in [1.807, 2.05) is 6.92 Å². The minimum absolute atomic E-state index is 0.0949. The number of hydrogen-bond donors (Lipinski definition) is 0. The molecule has 0 aliphatic heterocycles. The van der Waals surface area contributed by atoms with Crippen LogP contribution in [0.1, 0.15) is 6.92 Å². The van der Waals surface area contributed by atoms with Crippen molar-refractivity contribution in [3.8, 4) is 0 Å². The summed E-state index contributed by atoms with van der Waals surface area (Å²) in [5.41, 5.74) is -0.0949. The van der Waals surface area contributed by atoms with Crippen LogP contribution < -0.4 is 5.56 Å². The van der Waals surface area contributed by atoms with Crippen molar-refractivity contribution in [3.63, 3.8) is 0 Å². The number of benzene rings is 1. The molecular weight excluding hydrogens is 233 g/mol. The van der Waals surface area contributed by atoms with Crippen LogP contribution in [0, 0.1) is 0 Å². The van der Waals surface area contributed by atoms with Gasteiger partial charge in [-0.05, 0) is 30.5 Å². The second-order valence-corrected chi connectivity index (χ2v) is 4.07. The lowest BCUT2D eigenvalue weighted by Crippen LogP contribution is -2.19. The Morgan fingerprint density at radius 2 is 2.00 bits per heavy atom. The van der Waals surface area contributed by atoms with E-state index in [4.69, 9.17) is 23.2 Å². The molecule has 0 saturated heterocycles. The molecule has 0 bridgehead atoms. The lowest BCUT2D eigenvalue weighted by atomic mass is 10.2. The summed E-state index contributed by atoms with van der Waals surface area (Å²) >= 11 is 11.8.